The van der Waals surface area contributed by atoms with Crippen molar-refractivity contribution in [2.24, 2.45) is 0 Å². The largest absolute Gasteiger partial charge is 0.493 e. The number of fused-ring (bicyclic) bond motifs is 1. The molecule has 6 nitrogen and oxygen atoms in total. The fourth-order valence-corrected chi connectivity index (χ4v) is 3.77. The Hall–Kier alpha value is -3.22. The second kappa shape index (κ2) is 8.65. The van der Waals surface area contributed by atoms with Gasteiger partial charge >= 0.3 is 0 Å². The van der Waals surface area contributed by atoms with Crippen LogP contribution in [0.4, 0.5) is 4.39 Å². The van der Waals surface area contributed by atoms with Crippen LogP contribution in [0.15, 0.2) is 40.9 Å². The summed E-state index contributed by atoms with van der Waals surface area (Å²) in [5.74, 6) is 1.44. The van der Waals surface area contributed by atoms with Crippen molar-refractivity contribution in [1.29, 1.82) is 0 Å². The van der Waals surface area contributed by atoms with Crippen molar-refractivity contribution in [2.45, 2.75) is 45.6 Å². The molecule has 1 atom stereocenters. The zero-order chi connectivity index (χ0) is 21.1. The van der Waals surface area contributed by atoms with Gasteiger partial charge in [-0.15, -0.1) is 0 Å². The Morgan fingerprint density at radius 1 is 1.23 bits per heavy atom. The fraction of sp³-hybridized carbons (Fsp3) is 0.348. The molecule has 1 amide bonds. The molecule has 30 heavy (non-hydrogen) atoms. The predicted octanol–water partition coefficient (Wildman–Crippen LogP) is 4.46. The number of nitrogens with zero attached hydrogens (tertiary/aromatic N) is 2. The standard InChI is InChI=1S/C23H24FN3O3/c1-14-12-15(2)22-18(13-14)19(10-11-29-22)25-20(28)4-3-5-21-26-23(27-30-21)16-6-8-17(24)9-7-16/h6-9,12-13,19H,3-5,10-11H2,1-2H3,(H,25,28). The summed E-state index contributed by atoms with van der Waals surface area (Å²) in [5.41, 5.74) is 3.99. The van der Waals surface area contributed by atoms with Gasteiger partial charge in [0.2, 0.25) is 17.6 Å². The van der Waals surface area contributed by atoms with Gasteiger partial charge in [0.05, 0.1) is 12.6 Å². The number of aryl methyl sites for hydroxylation is 3. The summed E-state index contributed by atoms with van der Waals surface area (Å²) in [6.07, 6.45) is 2.22. The summed E-state index contributed by atoms with van der Waals surface area (Å²) in [7, 11) is 0. The van der Waals surface area contributed by atoms with Crippen LogP contribution >= 0.6 is 0 Å². The van der Waals surface area contributed by atoms with Crippen LogP contribution < -0.4 is 10.1 Å². The van der Waals surface area contributed by atoms with Gasteiger partial charge in [-0.25, -0.2) is 4.39 Å². The molecule has 4 rings (SSSR count). The van der Waals surface area contributed by atoms with Gasteiger partial charge in [0, 0.05) is 30.4 Å². The summed E-state index contributed by atoms with van der Waals surface area (Å²) in [6, 6.07) is 10.1. The molecule has 2 heterocycles. The Labute approximate surface area is 174 Å². The fourth-order valence-electron chi connectivity index (χ4n) is 3.77. The number of hydrogen-bond donors (Lipinski definition) is 1. The van der Waals surface area contributed by atoms with Gasteiger partial charge in [-0.1, -0.05) is 22.9 Å². The van der Waals surface area contributed by atoms with Crippen LogP contribution in [0.25, 0.3) is 11.4 Å². The van der Waals surface area contributed by atoms with E-state index in [4.69, 9.17) is 9.26 Å². The first-order chi connectivity index (χ1) is 14.5. The van der Waals surface area contributed by atoms with E-state index in [1.807, 2.05) is 13.8 Å². The van der Waals surface area contributed by atoms with Gasteiger partial charge in [0.1, 0.15) is 11.6 Å². The van der Waals surface area contributed by atoms with Gasteiger partial charge in [-0.2, -0.15) is 4.98 Å². The summed E-state index contributed by atoms with van der Waals surface area (Å²) in [4.78, 5) is 16.8. The van der Waals surface area contributed by atoms with Crippen LogP contribution in [0.5, 0.6) is 5.75 Å². The molecule has 0 saturated heterocycles. The number of carbonyl (C=O) groups excluding carboxylic acids is 1. The van der Waals surface area contributed by atoms with Crippen molar-refractivity contribution in [1.82, 2.24) is 15.5 Å². The summed E-state index contributed by atoms with van der Waals surface area (Å²) in [5, 5.41) is 7.06. The molecule has 7 heteroatoms. The Kier molecular flexibility index (Phi) is 5.79. The first-order valence-electron chi connectivity index (χ1n) is 10.1. The highest BCUT2D eigenvalue weighted by Crippen LogP contribution is 2.35. The molecular weight excluding hydrogens is 385 g/mol. The zero-order valence-corrected chi connectivity index (χ0v) is 17.1. The van der Waals surface area contributed by atoms with Crippen molar-refractivity contribution in [3.8, 4) is 17.1 Å². The molecule has 1 aliphatic heterocycles. The summed E-state index contributed by atoms with van der Waals surface area (Å²) in [6.45, 7) is 4.67. The van der Waals surface area contributed by atoms with Gasteiger partial charge in [-0.3, -0.25) is 4.79 Å². The van der Waals surface area contributed by atoms with Gasteiger partial charge in [-0.05, 0) is 50.1 Å². The van der Waals surface area contributed by atoms with Gasteiger partial charge in [0.25, 0.3) is 0 Å². The minimum Gasteiger partial charge on any atom is -0.493 e. The molecule has 1 N–H and O–H groups in total. The maximum Gasteiger partial charge on any atom is 0.226 e. The lowest BCUT2D eigenvalue weighted by molar-refractivity contribution is -0.122. The molecule has 0 radical (unpaired) electrons. The SMILES string of the molecule is Cc1cc(C)c2c(c1)C(NC(=O)CCCc1nc(-c3ccc(F)cc3)no1)CCO2. The van der Waals surface area contributed by atoms with Crippen molar-refractivity contribution < 1.29 is 18.4 Å². The van der Waals surface area contributed by atoms with E-state index in [9.17, 15) is 9.18 Å². The Bertz CT molecular complexity index is 1050. The lowest BCUT2D eigenvalue weighted by atomic mass is 9.95. The van der Waals surface area contributed by atoms with Crippen LogP contribution in [0.1, 0.15) is 47.9 Å². The molecule has 2 aromatic carbocycles. The molecule has 3 aromatic rings. The number of rotatable bonds is 6. The van der Waals surface area contributed by atoms with Crippen molar-refractivity contribution >= 4 is 5.91 Å². The molecule has 0 aliphatic carbocycles. The molecule has 0 fully saturated rings. The second-order valence-electron chi connectivity index (χ2n) is 7.63. The van der Waals surface area contributed by atoms with E-state index in [1.54, 1.807) is 12.1 Å². The average molecular weight is 409 g/mol. The third-order valence-corrected chi connectivity index (χ3v) is 5.18. The first-order valence-corrected chi connectivity index (χ1v) is 10.1. The number of nitrogens with one attached hydrogen (secondary N) is 1. The Balaban J connectivity index is 1.31. The lowest BCUT2D eigenvalue weighted by Gasteiger charge is -2.28. The molecule has 1 unspecified atom stereocenters. The number of hydrogen-bond acceptors (Lipinski definition) is 5. The van der Waals surface area contributed by atoms with Crippen LogP contribution in [0.2, 0.25) is 0 Å². The first kappa shape index (κ1) is 20.1. The third-order valence-electron chi connectivity index (χ3n) is 5.18. The average Bonchev–Trinajstić information content (AvgIpc) is 3.18. The van der Waals surface area contributed by atoms with E-state index >= 15 is 0 Å². The number of amides is 1. The number of aromatic nitrogens is 2. The monoisotopic (exact) mass is 409 g/mol. The van der Waals surface area contributed by atoms with Gasteiger partial charge < -0.3 is 14.6 Å². The van der Waals surface area contributed by atoms with E-state index in [1.165, 1.54) is 12.1 Å². The third kappa shape index (κ3) is 4.50. The summed E-state index contributed by atoms with van der Waals surface area (Å²) >= 11 is 0. The van der Waals surface area contributed by atoms with Crippen molar-refractivity contribution in [3.63, 3.8) is 0 Å². The molecule has 0 saturated carbocycles. The number of halogens is 1. The van der Waals surface area contributed by atoms with Crippen LogP contribution in [-0.2, 0) is 11.2 Å². The number of ether oxygens (including phenoxy) is 1. The minimum atomic E-state index is -0.314. The minimum absolute atomic E-state index is 0.00900. The maximum absolute atomic E-state index is 13.0. The molecule has 1 aromatic heterocycles. The highest BCUT2D eigenvalue weighted by molar-refractivity contribution is 5.76. The van der Waals surface area contributed by atoms with Gasteiger partial charge in [0.15, 0.2) is 0 Å². The topological polar surface area (TPSA) is 77.3 Å². The molecule has 156 valence electrons. The van der Waals surface area contributed by atoms with E-state index in [2.05, 4.69) is 27.6 Å². The van der Waals surface area contributed by atoms with Crippen molar-refractivity contribution in [2.75, 3.05) is 6.61 Å². The quantitative estimate of drug-likeness (QED) is 0.651. The molecule has 0 spiro atoms. The van der Waals surface area contributed by atoms with E-state index in [0.29, 0.717) is 43.1 Å². The lowest BCUT2D eigenvalue weighted by Crippen LogP contribution is -2.32. The molecular formula is C23H24FN3O3. The van der Waals surface area contributed by atoms with Crippen LogP contribution in [0, 0.1) is 19.7 Å². The highest BCUT2D eigenvalue weighted by atomic mass is 19.1. The molecule has 1 aliphatic rings. The normalized spacial score (nSPS) is 15.4. The number of carbonyl (C=O) groups is 1. The second-order valence-corrected chi connectivity index (χ2v) is 7.63. The van der Waals surface area contributed by atoms with E-state index in [-0.39, 0.29) is 17.8 Å². The van der Waals surface area contributed by atoms with Crippen LogP contribution in [0.3, 0.4) is 0 Å². The molecule has 0 bridgehead atoms. The predicted molar refractivity (Wildman–Crippen MR) is 110 cm³/mol. The Morgan fingerprint density at radius 3 is 2.83 bits per heavy atom. The smallest absolute Gasteiger partial charge is 0.226 e. The number of benzene rings is 2. The van der Waals surface area contributed by atoms with E-state index < -0.39 is 0 Å². The summed E-state index contributed by atoms with van der Waals surface area (Å²) < 4.78 is 24.1. The van der Waals surface area contributed by atoms with Crippen molar-refractivity contribution in [3.05, 3.63) is 64.8 Å². The maximum atomic E-state index is 13.0. The van der Waals surface area contributed by atoms with E-state index in [0.717, 1.165) is 28.9 Å². The van der Waals surface area contributed by atoms with Crippen LogP contribution in [-0.4, -0.2) is 22.7 Å². The highest BCUT2D eigenvalue weighted by Gasteiger charge is 2.24. The Morgan fingerprint density at radius 2 is 2.03 bits per heavy atom. The zero-order valence-electron chi connectivity index (χ0n) is 17.1.